The van der Waals surface area contributed by atoms with E-state index in [9.17, 15) is 4.79 Å². The van der Waals surface area contributed by atoms with Crippen LogP contribution in [0.15, 0.2) is 29.2 Å². The summed E-state index contributed by atoms with van der Waals surface area (Å²) < 4.78 is 5.57. The van der Waals surface area contributed by atoms with Crippen LogP contribution in [-0.4, -0.2) is 47.3 Å². The van der Waals surface area contributed by atoms with Gasteiger partial charge in [-0.3, -0.25) is 9.69 Å². The first-order valence-corrected chi connectivity index (χ1v) is 8.68. The number of rotatable bonds is 4. The molecule has 2 rings (SSSR count). The van der Waals surface area contributed by atoms with Gasteiger partial charge >= 0.3 is 0 Å². The van der Waals surface area contributed by atoms with Crippen LogP contribution in [-0.2, 0) is 4.74 Å². The molecule has 1 heterocycles. The number of thioether (sulfide) groups is 1. The van der Waals surface area contributed by atoms with Gasteiger partial charge in [0.15, 0.2) is 5.78 Å². The van der Waals surface area contributed by atoms with Crippen LogP contribution in [0.1, 0.15) is 45.0 Å². The molecule has 0 spiro atoms. The number of ketones is 1. The van der Waals surface area contributed by atoms with Gasteiger partial charge in [-0.05, 0) is 26.0 Å². The van der Waals surface area contributed by atoms with E-state index < -0.39 is 5.54 Å². The van der Waals surface area contributed by atoms with Gasteiger partial charge in [-0.1, -0.05) is 32.9 Å². The molecule has 1 aliphatic rings. The molecular weight excluding hydrogens is 294 g/mol. The molecule has 22 heavy (non-hydrogen) atoms. The maximum atomic E-state index is 12.9. The van der Waals surface area contributed by atoms with Crippen molar-refractivity contribution in [2.24, 2.45) is 0 Å². The molecule has 1 aromatic carbocycles. The van der Waals surface area contributed by atoms with E-state index in [0.717, 1.165) is 18.7 Å². The molecule has 0 aliphatic carbocycles. The van der Waals surface area contributed by atoms with E-state index in [0.29, 0.717) is 13.2 Å². The van der Waals surface area contributed by atoms with Crippen LogP contribution in [0.4, 0.5) is 0 Å². The highest BCUT2D eigenvalue weighted by Crippen LogP contribution is 2.32. The average molecular weight is 321 g/mol. The number of ether oxygens (including phenoxy) is 1. The molecule has 0 atom stereocenters. The molecule has 1 aromatic rings. The van der Waals surface area contributed by atoms with Crippen LogP contribution in [0.3, 0.4) is 0 Å². The molecule has 1 aliphatic heterocycles. The summed E-state index contributed by atoms with van der Waals surface area (Å²) >= 11 is 1.82. The Labute approximate surface area is 138 Å². The molecule has 3 nitrogen and oxygen atoms in total. The van der Waals surface area contributed by atoms with Gasteiger partial charge in [0, 0.05) is 28.3 Å². The number of benzene rings is 1. The lowest BCUT2D eigenvalue weighted by Crippen LogP contribution is -2.54. The van der Waals surface area contributed by atoms with Crippen LogP contribution in [0, 0.1) is 0 Å². The molecule has 0 bridgehead atoms. The van der Waals surface area contributed by atoms with Gasteiger partial charge < -0.3 is 4.74 Å². The zero-order chi connectivity index (χ0) is 16.4. The fourth-order valence-corrected chi connectivity index (χ4v) is 3.63. The summed E-state index contributed by atoms with van der Waals surface area (Å²) in [6.45, 7) is 13.6. The number of hydrogen-bond acceptors (Lipinski definition) is 4. The Bertz CT molecular complexity index is 511. The van der Waals surface area contributed by atoms with Crippen molar-refractivity contribution < 1.29 is 9.53 Å². The third kappa shape index (κ3) is 4.34. The molecule has 0 saturated carbocycles. The summed E-state index contributed by atoms with van der Waals surface area (Å²) in [5.41, 5.74) is 0.303. The zero-order valence-electron chi connectivity index (χ0n) is 14.3. The minimum absolute atomic E-state index is 0.179. The van der Waals surface area contributed by atoms with Crippen molar-refractivity contribution >= 4 is 17.5 Å². The predicted molar refractivity (Wildman–Crippen MR) is 92.9 cm³/mol. The summed E-state index contributed by atoms with van der Waals surface area (Å²) in [7, 11) is 0. The van der Waals surface area contributed by atoms with E-state index in [1.165, 1.54) is 4.90 Å². The van der Waals surface area contributed by atoms with Crippen LogP contribution in [0.5, 0.6) is 0 Å². The smallest absolute Gasteiger partial charge is 0.182 e. The second-order valence-electron chi connectivity index (χ2n) is 7.23. The highest BCUT2D eigenvalue weighted by Gasteiger charge is 2.35. The minimum Gasteiger partial charge on any atom is -0.379 e. The summed E-state index contributed by atoms with van der Waals surface area (Å²) in [5.74, 6) is 0.182. The fraction of sp³-hybridized carbons (Fsp3) is 0.611. The molecule has 0 unspecified atom stereocenters. The number of carbonyl (C=O) groups excluding carboxylic acids is 1. The quantitative estimate of drug-likeness (QED) is 0.622. The number of carbonyl (C=O) groups is 1. The molecule has 1 saturated heterocycles. The van der Waals surface area contributed by atoms with Crippen molar-refractivity contribution in [2.45, 2.75) is 49.8 Å². The molecule has 0 amide bonds. The zero-order valence-corrected chi connectivity index (χ0v) is 15.1. The van der Waals surface area contributed by atoms with E-state index in [-0.39, 0.29) is 10.5 Å². The van der Waals surface area contributed by atoms with Crippen LogP contribution in [0.2, 0.25) is 0 Å². The van der Waals surface area contributed by atoms with Gasteiger partial charge in [-0.15, -0.1) is 11.8 Å². The van der Waals surface area contributed by atoms with E-state index in [1.54, 1.807) is 0 Å². The predicted octanol–water partition coefficient (Wildman–Crippen LogP) is 3.87. The maximum Gasteiger partial charge on any atom is 0.182 e. The van der Waals surface area contributed by atoms with Crippen molar-refractivity contribution in [3.05, 3.63) is 29.8 Å². The first kappa shape index (κ1) is 17.5. The van der Waals surface area contributed by atoms with Gasteiger partial charge in [0.1, 0.15) is 0 Å². The Kier molecular flexibility index (Phi) is 5.36. The van der Waals surface area contributed by atoms with E-state index in [4.69, 9.17) is 4.74 Å². The average Bonchev–Trinajstić information content (AvgIpc) is 2.46. The van der Waals surface area contributed by atoms with Crippen molar-refractivity contribution in [3.63, 3.8) is 0 Å². The Hall–Kier alpha value is -0.840. The summed E-state index contributed by atoms with van der Waals surface area (Å²) in [4.78, 5) is 16.3. The summed E-state index contributed by atoms with van der Waals surface area (Å²) in [6.07, 6.45) is 0. The molecule has 1 fully saturated rings. The SMILES string of the molecule is CC(C)(C)Sc1ccc(C(=O)C(C)(C)N2CCOCC2)cc1. The summed E-state index contributed by atoms with van der Waals surface area (Å²) in [5, 5.41) is 0. The first-order chi connectivity index (χ1) is 10.2. The standard InChI is InChI=1S/C18H27NO2S/c1-17(2,3)22-15-8-6-14(7-9-15)16(20)18(4,5)19-10-12-21-13-11-19/h6-9H,10-13H2,1-5H3. The second kappa shape index (κ2) is 6.73. The lowest BCUT2D eigenvalue weighted by molar-refractivity contribution is -0.00430. The van der Waals surface area contributed by atoms with Gasteiger partial charge in [-0.25, -0.2) is 0 Å². The third-order valence-electron chi connectivity index (χ3n) is 3.90. The molecule has 0 N–H and O–H groups in total. The lowest BCUT2D eigenvalue weighted by atomic mass is 9.91. The molecule has 0 radical (unpaired) electrons. The van der Waals surface area contributed by atoms with E-state index >= 15 is 0 Å². The Morgan fingerprint density at radius 3 is 2.09 bits per heavy atom. The molecular formula is C18H27NO2S. The van der Waals surface area contributed by atoms with Crippen LogP contribution < -0.4 is 0 Å². The van der Waals surface area contributed by atoms with Crippen LogP contribution in [0.25, 0.3) is 0 Å². The minimum atomic E-state index is -0.484. The first-order valence-electron chi connectivity index (χ1n) is 7.87. The highest BCUT2D eigenvalue weighted by atomic mass is 32.2. The van der Waals surface area contributed by atoms with Crippen molar-refractivity contribution in [3.8, 4) is 0 Å². The van der Waals surface area contributed by atoms with Gasteiger partial charge in [0.25, 0.3) is 0 Å². The molecule has 4 heteroatoms. The topological polar surface area (TPSA) is 29.5 Å². The van der Waals surface area contributed by atoms with Crippen molar-refractivity contribution in [1.29, 1.82) is 0 Å². The van der Waals surface area contributed by atoms with Gasteiger partial charge in [0.2, 0.25) is 0 Å². The molecule has 122 valence electrons. The second-order valence-corrected chi connectivity index (χ2v) is 9.13. The Morgan fingerprint density at radius 1 is 1.05 bits per heavy atom. The molecule has 0 aromatic heterocycles. The fourth-order valence-electron chi connectivity index (χ4n) is 2.65. The van der Waals surface area contributed by atoms with Gasteiger partial charge in [0.05, 0.1) is 18.8 Å². The van der Waals surface area contributed by atoms with E-state index in [2.05, 4.69) is 37.8 Å². The van der Waals surface area contributed by atoms with Crippen molar-refractivity contribution in [1.82, 2.24) is 4.90 Å². The maximum absolute atomic E-state index is 12.9. The largest absolute Gasteiger partial charge is 0.379 e. The monoisotopic (exact) mass is 321 g/mol. The highest BCUT2D eigenvalue weighted by molar-refractivity contribution is 8.00. The normalized spacial score (nSPS) is 17.5. The number of Topliss-reactive ketones (excluding diaryl/α,β-unsaturated/α-hetero) is 1. The number of morpholine rings is 1. The van der Waals surface area contributed by atoms with Crippen LogP contribution >= 0.6 is 11.8 Å². The van der Waals surface area contributed by atoms with Gasteiger partial charge in [-0.2, -0.15) is 0 Å². The number of nitrogens with zero attached hydrogens (tertiary/aromatic N) is 1. The van der Waals surface area contributed by atoms with E-state index in [1.807, 2.05) is 37.7 Å². The Morgan fingerprint density at radius 2 is 1.59 bits per heavy atom. The Balaban J connectivity index is 2.11. The lowest BCUT2D eigenvalue weighted by Gasteiger charge is -2.39. The number of hydrogen-bond donors (Lipinski definition) is 0. The third-order valence-corrected chi connectivity index (χ3v) is 5.02. The summed E-state index contributed by atoms with van der Waals surface area (Å²) in [6, 6.07) is 8.02. The van der Waals surface area contributed by atoms with Crippen molar-refractivity contribution in [2.75, 3.05) is 26.3 Å².